The van der Waals surface area contributed by atoms with E-state index < -0.39 is 10.0 Å². The molecule has 10 heteroatoms. The van der Waals surface area contributed by atoms with Crippen LogP contribution in [0.3, 0.4) is 0 Å². The molecule has 0 aliphatic carbocycles. The molecule has 0 atom stereocenters. The highest BCUT2D eigenvalue weighted by Crippen LogP contribution is 2.19. The van der Waals surface area contributed by atoms with Gasteiger partial charge in [-0.2, -0.15) is 0 Å². The average Bonchev–Trinajstić information content (AvgIpc) is 3.13. The number of rotatable bonds is 7. The number of thiophene rings is 1. The first-order valence-corrected chi connectivity index (χ1v) is 10.1. The summed E-state index contributed by atoms with van der Waals surface area (Å²) in [5.41, 5.74) is 0.859. The zero-order chi connectivity index (χ0) is 18.4. The van der Waals surface area contributed by atoms with E-state index in [0.717, 1.165) is 16.3 Å². The summed E-state index contributed by atoms with van der Waals surface area (Å²) >= 11 is 1.25. The van der Waals surface area contributed by atoms with Crippen LogP contribution in [0, 0.1) is 20.8 Å². The third-order valence-electron chi connectivity index (χ3n) is 3.39. The van der Waals surface area contributed by atoms with Crippen LogP contribution in [0.2, 0.25) is 0 Å². The van der Waals surface area contributed by atoms with Crippen LogP contribution in [-0.4, -0.2) is 39.5 Å². The summed E-state index contributed by atoms with van der Waals surface area (Å²) in [5, 5.41) is 6.10. The number of sulfonamides is 1. The lowest BCUT2D eigenvalue weighted by Crippen LogP contribution is -2.41. The lowest BCUT2D eigenvalue weighted by molar-refractivity contribution is 0.464. The van der Waals surface area contributed by atoms with Crippen LogP contribution >= 0.6 is 11.3 Å². The van der Waals surface area contributed by atoms with E-state index in [9.17, 15) is 8.42 Å². The summed E-state index contributed by atoms with van der Waals surface area (Å²) in [5.74, 6) is 1.91. The SMILES string of the molecule is CN=C(NCCNS(=O)(=O)c1ccc(C)s1)NCc1nc(C)c(C)o1. The van der Waals surface area contributed by atoms with Gasteiger partial charge in [0.25, 0.3) is 0 Å². The summed E-state index contributed by atoms with van der Waals surface area (Å²) in [6, 6.07) is 3.39. The Morgan fingerprint density at radius 1 is 1.24 bits per heavy atom. The second kappa shape index (κ2) is 8.45. The summed E-state index contributed by atoms with van der Waals surface area (Å²) in [6.07, 6.45) is 0. The lowest BCUT2D eigenvalue weighted by atomic mass is 10.4. The predicted octanol–water partition coefficient (Wildman–Crippen LogP) is 1.30. The molecule has 0 aromatic carbocycles. The fourth-order valence-electron chi connectivity index (χ4n) is 1.99. The van der Waals surface area contributed by atoms with Gasteiger partial charge >= 0.3 is 0 Å². The van der Waals surface area contributed by atoms with Crippen LogP contribution in [0.4, 0.5) is 0 Å². The Balaban J connectivity index is 1.75. The number of nitrogens with zero attached hydrogens (tertiary/aromatic N) is 2. The van der Waals surface area contributed by atoms with Crippen molar-refractivity contribution < 1.29 is 12.8 Å². The van der Waals surface area contributed by atoms with Gasteiger partial charge in [-0.1, -0.05) is 0 Å². The van der Waals surface area contributed by atoms with E-state index in [4.69, 9.17) is 4.42 Å². The molecule has 2 aromatic rings. The number of nitrogens with one attached hydrogen (secondary N) is 3. The Bertz CT molecular complexity index is 820. The lowest BCUT2D eigenvalue weighted by Gasteiger charge is -2.11. The molecule has 25 heavy (non-hydrogen) atoms. The Hall–Kier alpha value is -1.91. The highest BCUT2D eigenvalue weighted by atomic mass is 32.2. The fraction of sp³-hybridized carbons (Fsp3) is 0.467. The topological polar surface area (TPSA) is 109 Å². The van der Waals surface area contributed by atoms with Gasteiger partial charge in [-0.15, -0.1) is 11.3 Å². The molecule has 0 amide bonds. The van der Waals surface area contributed by atoms with E-state index in [2.05, 4.69) is 25.3 Å². The highest BCUT2D eigenvalue weighted by molar-refractivity contribution is 7.91. The second-order valence-corrected chi connectivity index (χ2v) is 8.65. The Morgan fingerprint density at radius 3 is 2.56 bits per heavy atom. The first-order valence-electron chi connectivity index (χ1n) is 7.75. The van der Waals surface area contributed by atoms with E-state index in [1.54, 1.807) is 19.2 Å². The molecule has 0 aliphatic heterocycles. The fourth-order valence-corrected chi connectivity index (χ4v) is 4.35. The van der Waals surface area contributed by atoms with E-state index in [-0.39, 0.29) is 6.54 Å². The summed E-state index contributed by atoms with van der Waals surface area (Å²) < 4.78 is 32.6. The number of oxazole rings is 1. The number of hydrogen-bond acceptors (Lipinski definition) is 6. The van der Waals surface area contributed by atoms with Gasteiger partial charge in [0.2, 0.25) is 15.9 Å². The van der Waals surface area contributed by atoms with Crippen LogP contribution in [0.25, 0.3) is 0 Å². The second-order valence-electron chi connectivity index (χ2n) is 5.36. The van der Waals surface area contributed by atoms with Crippen molar-refractivity contribution in [1.82, 2.24) is 20.3 Å². The van der Waals surface area contributed by atoms with Crippen molar-refractivity contribution >= 4 is 27.3 Å². The van der Waals surface area contributed by atoms with Crippen LogP contribution in [0.15, 0.2) is 25.8 Å². The normalized spacial score (nSPS) is 12.4. The van der Waals surface area contributed by atoms with Crippen molar-refractivity contribution in [3.05, 3.63) is 34.4 Å². The molecule has 0 radical (unpaired) electrons. The minimum absolute atomic E-state index is 0.247. The molecule has 0 aliphatic rings. The van der Waals surface area contributed by atoms with Crippen LogP contribution in [0.5, 0.6) is 0 Å². The number of hydrogen-bond donors (Lipinski definition) is 3. The molecule has 3 N–H and O–H groups in total. The van der Waals surface area contributed by atoms with E-state index in [1.165, 1.54) is 11.3 Å². The minimum Gasteiger partial charge on any atom is -0.444 e. The summed E-state index contributed by atoms with van der Waals surface area (Å²) in [7, 11) is -1.82. The zero-order valence-corrected chi connectivity index (χ0v) is 16.3. The third kappa shape index (κ3) is 5.55. The first-order chi connectivity index (χ1) is 11.8. The van der Waals surface area contributed by atoms with Crippen molar-refractivity contribution in [2.24, 2.45) is 4.99 Å². The van der Waals surface area contributed by atoms with Crippen LogP contribution in [-0.2, 0) is 16.6 Å². The number of aromatic nitrogens is 1. The van der Waals surface area contributed by atoms with Gasteiger partial charge in [0.15, 0.2) is 5.96 Å². The average molecular weight is 386 g/mol. The van der Waals surface area contributed by atoms with Gasteiger partial charge in [0.05, 0.1) is 12.2 Å². The van der Waals surface area contributed by atoms with Gasteiger partial charge in [0, 0.05) is 25.0 Å². The summed E-state index contributed by atoms with van der Waals surface area (Å²) in [4.78, 5) is 9.31. The summed E-state index contributed by atoms with van der Waals surface area (Å²) in [6.45, 7) is 6.66. The van der Waals surface area contributed by atoms with Crippen LogP contribution < -0.4 is 15.4 Å². The van der Waals surface area contributed by atoms with E-state index in [1.807, 2.05) is 20.8 Å². The smallest absolute Gasteiger partial charge is 0.250 e. The third-order valence-corrected chi connectivity index (χ3v) is 6.35. The molecule has 138 valence electrons. The Kier molecular flexibility index (Phi) is 6.57. The van der Waals surface area contributed by atoms with Crippen molar-refractivity contribution in [3.63, 3.8) is 0 Å². The number of aliphatic imine (C=N–C) groups is 1. The van der Waals surface area contributed by atoms with Crippen molar-refractivity contribution in [1.29, 1.82) is 0 Å². The molecule has 0 spiro atoms. The van der Waals surface area contributed by atoms with Gasteiger partial charge in [0.1, 0.15) is 9.97 Å². The molecule has 0 fully saturated rings. The minimum atomic E-state index is -3.46. The van der Waals surface area contributed by atoms with E-state index >= 15 is 0 Å². The molecule has 8 nitrogen and oxygen atoms in total. The van der Waals surface area contributed by atoms with Crippen molar-refractivity contribution in [2.75, 3.05) is 20.1 Å². The maximum atomic E-state index is 12.1. The van der Waals surface area contributed by atoms with Gasteiger partial charge < -0.3 is 15.1 Å². The molecule has 2 aromatic heterocycles. The van der Waals surface area contributed by atoms with Gasteiger partial charge in [-0.25, -0.2) is 18.1 Å². The highest BCUT2D eigenvalue weighted by Gasteiger charge is 2.15. The Labute approximate surface area is 151 Å². The van der Waals surface area contributed by atoms with Crippen molar-refractivity contribution in [2.45, 2.75) is 31.5 Å². The number of guanidine groups is 1. The quantitative estimate of drug-likeness (QED) is 0.377. The molecular formula is C15H23N5O3S2. The zero-order valence-electron chi connectivity index (χ0n) is 14.7. The Morgan fingerprint density at radius 2 is 2.00 bits per heavy atom. The van der Waals surface area contributed by atoms with Crippen molar-refractivity contribution in [3.8, 4) is 0 Å². The van der Waals surface area contributed by atoms with E-state index in [0.29, 0.717) is 29.1 Å². The number of aryl methyl sites for hydroxylation is 3. The largest absolute Gasteiger partial charge is 0.444 e. The molecule has 0 unspecified atom stereocenters. The first kappa shape index (κ1) is 19.4. The predicted molar refractivity (Wildman–Crippen MR) is 98.4 cm³/mol. The maximum absolute atomic E-state index is 12.1. The molecule has 2 heterocycles. The van der Waals surface area contributed by atoms with Gasteiger partial charge in [-0.05, 0) is 32.9 Å². The molecule has 0 bridgehead atoms. The molecule has 2 rings (SSSR count). The maximum Gasteiger partial charge on any atom is 0.250 e. The standard InChI is InChI=1S/C15H23N5O3S2/c1-10-5-6-14(24-10)25(21,22)19-8-7-17-15(16-4)18-9-13-20-11(2)12(3)23-13/h5-6,19H,7-9H2,1-4H3,(H2,16,17,18). The molecule has 0 saturated heterocycles. The molecular weight excluding hydrogens is 362 g/mol. The van der Waals surface area contributed by atoms with Gasteiger partial charge in [-0.3, -0.25) is 4.99 Å². The molecule has 0 saturated carbocycles. The monoisotopic (exact) mass is 385 g/mol. The van der Waals surface area contributed by atoms with Crippen LogP contribution in [0.1, 0.15) is 22.2 Å².